The van der Waals surface area contributed by atoms with E-state index in [1.807, 2.05) is 6.07 Å². The number of aliphatic hydroxyl groups excluding tert-OH is 2. The van der Waals surface area contributed by atoms with Crippen LogP contribution in [-0.2, 0) is 12.0 Å². The van der Waals surface area contributed by atoms with Crippen LogP contribution >= 0.6 is 0 Å². The van der Waals surface area contributed by atoms with Crippen LogP contribution in [0.3, 0.4) is 0 Å². The summed E-state index contributed by atoms with van der Waals surface area (Å²) in [6, 6.07) is 7.41. The van der Waals surface area contributed by atoms with Gasteiger partial charge in [-0.3, -0.25) is 0 Å². The molecule has 37 heavy (non-hydrogen) atoms. The average Bonchev–Trinajstić information content (AvgIpc) is 3.51. The molecule has 190 valence electrons. The van der Waals surface area contributed by atoms with Crippen molar-refractivity contribution in [1.29, 1.82) is 0 Å². The third kappa shape index (κ3) is 3.41. The number of benzene rings is 1. The number of aliphatic hydroxyl groups is 2. The Bertz CT molecular complexity index is 1490. The molecule has 1 saturated carbocycles. The summed E-state index contributed by atoms with van der Waals surface area (Å²) in [6.45, 7) is 4.05. The first-order valence-corrected chi connectivity index (χ1v) is 12.1. The van der Waals surface area contributed by atoms with Gasteiger partial charge in [0, 0.05) is 6.20 Å². The Morgan fingerprint density at radius 1 is 1.11 bits per heavy atom. The maximum absolute atomic E-state index is 14.5. The van der Waals surface area contributed by atoms with E-state index in [0.717, 1.165) is 29.8 Å². The zero-order valence-corrected chi connectivity index (χ0v) is 20.3. The van der Waals surface area contributed by atoms with E-state index in [4.69, 9.17) is 10.1 Å². The summed E-state index contributed by atoms with van der Waals surface area (Å²) in [5, 5.41) is 35.8. The van der Waals surface area contributed by atoms with Crippen LogP contribution in [0.5, 0.6) is 0 Å². The van der Waals surface area contributed by atoms with Crippen LogP contribution in [0.1, 0.15) is 49.6 Å². The summed E-state index contributed by atoms with van der Waals surface area (Å²) in [5.74, 6) is -0.856. The van der Waals surface area contributed by atoms with E-state index < -0.39 is 23.2 Å². The molecule has 1 fully saturated rings. The summed E-state index contributed by atoms with van der Waals surface area (Å²) in [4.78, 5) is 9.28. The molecule has 0 aliphatic heterocycles. The largest absolute Gasteiger partial charge is 0.394 e. The van der Waals surface area contributed by atoms with Crippen LogP contribution < -0.4 is 0 Å². The highest BCUT2D eigenvalue weighted by molar-refractivity contribution is 5.64. The molecule has 0 amide bonds. The Balaban J connectivity index is 1.43. The SMILES string of the molecule is CC1(C)[C@H]2CC[C@@]1(c1ccnc(-c3cn(C[C@H](O)CO)nn3)n1)c1nnc(-c3c(F)cccc3F)cc12. The lowest BCUT2D eigenvalue weighted by Crippen LogP contribution is -2.38. The number of hydrogen-bond acceptors (Lipinski definition) is 8. The van der Waals surface area contributed by atoms with Gasteiger partial charge in [-0.05, 0) is 54.0 Å². The molecule has 2 aliphatic rings. The van der Waals surface area contributed by atoms with Crippen molar-refractivity contribution in [3.05, 3.63) is 71.3 Å². The van der Waals surface area contributed by atoms with Gasteiger partial charge in [-0.1, -0.05) is 25.1 Å². The van der Waals surface area contributed by atoms with Crippen LogP contribution in [-0.4, -0.2) is 58.1 Å². The fraction of sp³-hybridized carbons (Fsp3) is 0.385. The molecule has 3 atom stereocenters. The molecule has 0 spiro atoms. The van der Waals surface area contributed by atoms with E-state index in [2.05, 4.69) is 39.3 Å². The van der Waals surface area contributed by atoms with Gasteiger partial charge in [-0.25, -0.2) is 23.4 Å². The van der Waals surface area contributed by atoms with Crippen molar-refractivity contribution in [3.8, 4) is 22.8 Å². The van der Waals surface area contributed by atoms with Crippen LogP contribution in [0.25, 0.3) is 22.8 Å². The van der Waals surface area contributed by atoms with E-state index in [1.54, 1.807) is 18.5 Å². The van der Waals surface area contributed by atoms with Gasteiger partial charge in [0.15, 0.2) is 5.82 Å². The first kappa shape index (κ1) is 23.7. The lowest BCUT2D eigenvalue weighted by Gasteiger charge is -2.37. The van der Waals surface area contributed by atoms with Gasteiger partial charge in [-0.2, -0.15) is 5.10 Å². The second-order valence-corrected chi connectivity index (χ2v) is 10.3. The van der Waals surface area contributed by atoms with E-state index >= 15 is 0 Å². The topological polar surface area (TPSA) is 123 Å². The second kappa shape index (κ2) is 8.42. The molecule has 6 rings (SSSR count). The normalized spacial score (nSPS) is 22.3. The van der Waals surface area contributed by atoms with E-state index in [-0.39, 0.29) is 35.7 Å². The van der Waals surface area contributed by atoms with E-state index in [1.165, 1.54) is 22.9 Å². The van der Waals surface area contributed by atoms with Crippen LogP contribution in [0, 0.1) is 17.0 Å². The molecule has 9 nitrogen and oxygen atoms in total. The lowest BCUT2D eigenvalue weighted by molar-refractivity contribution is 0.0778. The van der Waals surface area contributed by atoms with E-state index in [0.29, 0.717) is 11.5 Å². The Hall–Kier alpha value is -3.70. The molecule has 2 bridgehead atoms. The van der Waals surface area contributed by atoms with Crippen LogP contribution in [0.2, 0.25) is 0 Å². The van der Waals surface area contributed by atoms with Gasteiger partial charge in [-0.15, -0.1) is 10.2 Å². The molecular weight excluding hydrogens is 480 g/mol. The summed E-state index contributed by atoms with van der Waals surface area (Å²) in [5.41, 5.74) is 2.07. The molecule has 2 N–H and O–H groups in total. The van der Waals surface area contributed by atoms with Crippen molar-refractivity contribution in [2.75, 3.05) is 6.61 Å². The Morgan fingerprint density at radius 2 is 1.89 bits per heavy atom. The van der Waals surface area contributed by atoms with Crippen molar-refractivity contribution in [2.45, 2.75) is 50.7 Å². The van der Waals surface area contributed by atoms with Gasteiger partial charge >= 0.3 is 0 Å². The van der Waals surface area contributed by atoms with Crippen molar-refractivity contribution in [1.82, 2.24) is 35.2 Å². The Morgan fingerprint density at radius 3 is 2.65 bits per heavy atom. The molecule has 3 aromatic heterocycles. The predicted molar refractivity (Wildman–Crippen MR) is 128 cm³/mol. The number of hydrogen-bond donors (Lipinski definition) is 2. The van der Waals surface area contributed by atoms with Crippen molar-refractivity contribution >= 4 is 0 Å². The third-order valence-corrected chi connectivity index (χ3v) is 8.07. The summed E-state index contributed by atoms with van der Waals surface area (Å²) >= 11 is 0. The number of fused-ring (bicyclic) bond motifs is 5. The molecule has 0 saturated heterocycles. The first-order chi connectivity index (χ1) is 17.8. The molecular formula is C26H25F2N7O2. The monoisotopic (exact) mass is 505 g/mol. The fourth-order valence-electron chi connectivity index (χ4n) is 6.24. The average molecular weight is 506 g/mol. The third-order valence-electron chi connectivity index (χ3n) is 8.07. The zero-order chi connectivity index (χ0) is 25.9. The quantitative estimate of drug-likeness (QED) is 0.410. The highest BCUT2D eigenvalue weighted by Gasteiger charge is 2.65. The van der Waals surface area contributed by atoms with Gasteiger partial charge in [0.05, 0.1) is 53.5 Å². The Labute approximate surface area is 211 Å². The highest BCUT2D eigenvalue weighted by atomic mass is 19.1. The first-order valence-electron chi connectivity index (χ1n) is 12.1. The standard InChI is InChI=1S/C26H25F2N7O2/c1-25(2)16-6-8-26(25,23-15(16)10-19(31-33-23)22-17(27)4-3-5-18(22)28)21-7-9-29-24(30-21)20-12-35(34-32-20)11-14(37)13-36/h3-5,7,9-10,12,14,16,36-37H,6,8,11,13H2,1-2H3/t14-,16-,26+/m0/s1. The molecule has 2 aliphatic carbocycles. The lowest BCUT2D eigenvalue weighted by atomic mass is 9.66. The van der Waals surface area contributed by atoms with Gasteiger partial charge < -0.3 is 10.2 Å². The molecule has 0 unspecified atom stereocenters. The van der Waals surface area contributed by atoms with Gasteiger partial charge in [0.2, 0.25) is 0 Å². The zero-order valence-electron chi connectivity index (χ0n) is 20.3. The van der Waals surface area contributed by atoms with Gasteiger partial charge in [0.1, 0.15) is 17.3 Å². The molecule has 1 aromatic carbocycles. The van der Waals surface area contributed by atoms with Crippen molar-refractivity contribution < 1.29 is 19.0 Å². The summed E-state index contributed by atoms with van der Waals surface area (Å²) in [6.07, 6.45) is 4.01. The number of rotatable bonds is 6. The summed E-state index contributed by atoms with van der Waals surface area (Å²) in [7, 11) is 0. The number of halogens is 2. The molecule has 0 radical (unpaired) electrons. The predicted octanol–water partition coefficient (Wildman–Crippen LogP) is 3.03. The maximum atomic E-state index is 14.5. The van der Waals surface area contributed by atoms with Gasteiger partial charge in [0.25, 0.3) is 0 Å². The number of aromatic nitrogens is 7. The highest BCUT2D eigenvalue weighted by Crippen LogP contribution is 2.69. The minimum Gasteiger partial charge on any atom is -0.394 e. The number of nitrogens with zero attached hydrogens (tertiary/aromatic N) is 7. The van der Waals surface area contributed by atoms with Crippen LogP contribution in [0.15, 0.2) is 42.7 Å². The molecule has 3 heterocycles. The fourth-order valence-corrected chi connectivity index (χ4v) is 6.24. The minimum atomic E-state index is -0.951. The van der Waals surface area contributed by atoms with E-state index in [9.17, 15) is 13.9 Å². The Kier molecular flexibility index (Phi) is 5.39. The second-order valence-electron chi connectivity index (χ2n) is 10.3. The molecule has 11 heteroatoms. The molecule has 4 aromatic rings. The van der Waals surface area contributed by atoms with Crippen molar-refractivity contribution in [2.24, 2.45) is 5.41 Å². The summed E-state index contributed by atoms with van der Waals surface area (Å²) < 4.78 is 30.4. The smallest absolute Gasteiger partial charge is 0.181 e. The minimum absolute atomic E-state index is 0.0930. The van der Waals surface area contributed by atoms with Crippen molar-refractivity contribution in [3.63, 3.8) is 0 Å². The maximum Gasteiger partial charge on any atom is 0.181 e. The van der Waals surface area contributed by atoms with Crippen LogP contribution in [0.4, 0.5) is 8.78 Å².